The summed E-state index contributed by atoms with van der Waals surface area (Å²) in [5.41, 5.74) is 0.627. The van der Waals surface area contributed by atoms with Gasteiger partial charge in [0, 0.05) is 10.8 Å². The number of amides is 1. The van der Waals surface area contributed by atoms with Crippen molar-refractivity contribution in [3.63, 3.8) is 0 Å². The quantitative estimate of drug-likeness (QED) is 0.902. The molecule has 3 rings (SSSR count). The number of para-hydroxylation sites is 1. The maximum atomic E-state index is 11.9. The highest BCUT2D eigenvalue weighted by Gasteiger charge is 2.24. The van der Waals surface area contributed by atoms with Gasteiger partial charge in [0.05, 0.1) is 11.8 Å². The third kappa shape index (κ3) is 2.39. The molecular weight excluding hydrogens is 266 g/mol. The smallest absolute Gasteiger partial charge is 0.287 e. The van der Waals surface area contributed by atoms with E-state index in [0.29, 0.717) is 5.58 Å². The van der Waals surface area contributed by atoms with Crippen molar-refractivity contribution in [3.8, 4) is 0 Å². The number of furan rings is 1. The Morgan fingerprint density at radius 2 is 2.11 bits per heavy atom. The molecule has 0 bridgehead atoms. The summed E-state index contributed by atoms with van der Waals surface area (Å²) in [7, 11) is -3.17. The zero-order chi connectivity index (χ0) is 13.5. The average molecular weight is 277 g/mol. The number of fused-ring (bicyclic) bond motifs is 1. The van der Waals surface area contributed by atoms with Gasteiger partial charge in [0.1, 0.15) is 5.58 Å². The SMILES string of the molecule is O=C(N[C@@H]1C=CS(=O)(=O)C1)c1cc2ccccc2o1. The number of nitrogens with one attached hydrogen (secondary N) is 1. The molecule has 0 radical (unpaired) electrons. The Morgan fingerprint density at radius 1 is 1.32 bits per heavy atom. The van der Waals surface area contributed by atoms with Crippen LogP contribution in [0.5, 0.6) is 0 Å². The van der Waals surface area contributed by atoms with Gasteiger partial charge in [-0.1, -0.05) is 18.2 Å². The van der Waals surface area contributed by atoms with Crippen LogP contribution >= 0.6 is 0 Å². The van der Waals surface area contributed by atoms with Crippen LogP contribution in [0.15, 0.2) is 46.2 Å². The van der Waals surface area contributed by atoms with Crippen LogP contribution in [0.2, 0.25) is 0 Å². The van der Waals surface area contributed by atoms with Crippen LogP contribution in [0.1, 0.15) is 10.6 Å². The molecule has 0 saturated carbocycles. The Hall–Kier alpha value is -2.08. The van der Waals surface area contributed by atoms with Crippen molar-refractivity contribution in [1.82, 2.24) is 5.32 Å². The number of sulfone groups is 1. The first-order valence-corrected chi connectivity index (χ1v) is 7.45. The van der Waals surface area contributed by atoms with Gasteiger partial charge in [-0.3, -0.25) is 4.79 Å². The molecule has 5 nitrogen and oxygen atoms in total. The second kappa shape index (κ2) is 4.24. The van der Waals surface area contributed by atoms with Gasteiger partial charge in [-0.15, -0.1) is 0 Å². The Kier molecular flexibility index (Phi) is 2.67. The number of hydrogen-bond donors (Lipinski definition) is 1. The van der Waals surface area contributed by atoms with E-state index in [4.69, 9.17) is 4.42 Å². The number of carbonyl (C=O) groups is 1. The lowest BCUT2D eigenvalue weighted by molar-refractivity contribution is 0.0922. The third-order valence-electron chi connectivity index (χ3n) is 2.90. The van der Waals surface area contributed by atoms with Gasteiger partial charge in [0.25, 0.3) is 5.91 Å². The standard InChI is InChI=1S/C13H11NO4S/c15-13(14-10-5-6-19(16,17)8-10)12-7-9-3-1-2-4-11(9)18-12/h1-7,10H,8H2,(H,14,15)/t10-/m1/s1. The van der Waals surface area contributed by atoms with Crippen molar-refractivity contribution in [2.75, 3.05) is 5.75 Å². The second-order valence-electron chi connectivity index (χ2n) is 4.39. The molecule has 0 aliphatic carbocycles. The van der Waals surface area contributed by atoms with Gasteiger partial charge in [0.15, 0.2) is 15.6 Å². The van der Waals surface area contributed by atoms with Crippen molar-refractivity contribution in [1.29, 1.82) is 0 Å². The molecule has 2 heterocycles. The normalized spacial score (nSPS) is 20.7. The van der Waals surface area contributed by atoms with Gasteiger partial charge in [-0.05, 0) is 18.2 Å². The molecule has 6 heteroatoms. The van der Waals surface area contributed by atoms with E-state index in [1.54, 1.807) is 12.1 Å². The van der Waals surface area contributed by atoms with E-state index in [1.165, 1.54) is 6.08 Å². The summed E-state index contributed by atoms with van der Waals surface area (Å²) in [5.74, 6) is -0.333. The zero-order valence-electron chi connectivity index (χ0n) is 9.87. The molecule has 1 aromatic carbocycles. The fraction of sp³-hybridized carbons (Fsp3) is 0.154. The van der Waals surface area contributed by atoms with Crippen LogP contribution < -0.4 is 5.32 Å². The monoisotopic (exact) mass is 277 g/mol. The van der Waals surface area contributed by atoms with Crippen LogP contribution in [-0.2, 0) is 9.84 Å². The van der Waals surface area contributed by atoms with E-state index < -0.39 is 21.8 Å². The molecule has 0 spiro atoms. The van der Waals surface area contributed by atoms with Gasteiger partial charge in [-0.25, -0.2) is 8.42 Å². The summed E-state index contributed by atoms with van der Waals surface area (Å²) in [6.07, 6.45) is 1.47. The van der Waals surface area contributed by atoms with E-state index in [9.17, 15) is 13.2 Å². The van der Waals surface area contributed by atoms with Crippen molar-refractivity contribution in [2.24, 2.45) is 0 Å². The molecular formula is C13H11NO4S. The van der Waals surface area contributed by atoms with Crippen LogP contribution in [0, 0.1) is 0 Å². The molecule has 0 unspecified atom stereocenters. The van der Waals surface area contributed by atoms with Crippen molar-refractivity contribution >= 4 is 26.7 Å². The second-order valence-corrected chi connectivity index (χ2v) is 6.32. The molecule has 1 aliphatic heterocycles. The Balaban J connectivity index is 1.79. The lowest BCUT2D eigenvalue weighted by Gasteiger charge is -2.07. The maximum absolute atomic E-state index is 11.9. The van der Waals surface area contributed by atoms with Crippen LogP contribution in [-0.4, -0.2) is 26.1 Å². The minimum Gasteiger partial charge on any atom is -0.451 e. The van der Waals surface area contributed by atoms with Crippen molar-refractivity contribution < 1.29 is 17.6 Å². The number of rotatable bonds is 2. The van der Waals surface area contributed by atoms with E-state index in [1.807, 2.05) is 18.2 Å². The Labute approximate surface area is 109 Å². The zero-order valence-corrected chi connectivity index (χ0v) is 10.7. The summed E-state index contributed by atoms with van der Waals surface area (Å²) in [6.45, 7) is 0. The Morgan fingerprint density at radius 3 is 2.79 bits per heavy atom. The van der Waals surface area contributed by atoms with E-state index in [-0.39, 0.29) is 11.5 Å². The largest absolute Gasteiger partial charge is 0.451 e. The molecule has 19 heavy (non-hydrogen) atoms. The van der Waals surface area contributed by atoms with Crippen molar-refractivity contribution in [3.05, 3.63) is 47.6 Å². The molecule has 1 atom stereocenters. The lowest BCUT2D eigenvalue weighted by atomic mass is 10.2. The van der Waals surface area contributed by atoms with E-state index in [0.717, 1.165) is 10.8 Å². The van der Waals surface area contributed by atoms with Crippen LogP contribution in [0.25, 0.3) is 11.0 Å². The minimum atomic E-state index is -3.17. The van der Waals surface area contributed by atoms with Gasteiger partial charge >= 0.3 is 0 Å². The highest BCUT2D eigenvalue weighted by molar-refractivity contribution is 7.94. The summed E-state index contributed by atoms with van der Waals surface area (Å²) in [6, 6.07) is 8.43. The van der Waals surface area contributed by atoms with Crippen molar-refractivity contribution in [2.45, 2.75) is 6.04 Å². The predicted molar refractivity (Wildman–Crippen MR) is 70.4 cm³/mol. The number of carbonyl (C=O) groups excluding carboxylic acids is 1. The van der Waals surface area contributed by atoms with Gasteiger partial charge in [0.2, 0.25) is 0 Å². The molecule has 1 aliphatic rings. The predicted octanol–water partition coefficient (Wildman–Crippen LogP) is 1.47. The molecule has 1 amide bonds. The lowest BCUT2D eigenvalue weighted by Crippen LogP contribution is -2.35. The first-order valence-electron chi connectivity index (χ1n) is 5.74. The summed E-state index contributed by atoms with van der Waals surface area (Å²) < 4.78 is 27.9. The Bertz CT molecular complexity index is 740. The first kappa shape index (κ1) is 12.0. The fourth-order valence-electron chi connectivity index (χ4n) is 2.00. The fourth-order valence-corrected chi connectivity index (χ4v) is 3.23. The number of hydrogen-bond acceptors (Lipinski definition) is 4. The molecule has 1 aromatic heterocycles. The molecule has 2 aromatic rings. The summed E-state index contributed by atoms with van der Waals surface area (Å²) in [4.78, 5) is 11.9. The van der Waals surface area contributed by atoms with Crippen LogP contribution in [0.3, 0.4) is 0 Å². The van der Waals surface area contributed by atoms with E-state index >= 15 is 0 Å². The minimum absolute atomic E-state index is 0.0982. The highest BCUT2D eigenvalue weighted by Crippen LogP contribution is 2.19. The average Bonchev–Trinajstić information content (AvgIpc) is 2.92. The summed E-state index contributed by atoms with van der Waals surface area (Å²) >= 11 is 0. The molecule has 1 N–H and O–H groups in total. The molecule has 98 valence electrons. The summed E-state index contributed by atoms with van der Waals surface area (Å²) in [5, 5.41) is 4.57. The van der Waals surface area contributed by atoms with E-state index in [2.05, 4.69) is 5.32 Å². The van der Waals surface area contributed by atoms with Gasteiger partial charge in [-0.2, -0.15) is 0 Å². The first-order chi connectivity index (χ1) is 9.03. The topological polar surface area (TPSA) is 76.4 Å². The third-order valence-corrected chi connectivity index (χ3v) is 4.29. The highest BCUT2D eigenvalue weighted by atomic mass is 32.2. The molecule has 0 saturated heterocycles. The molecule has 0 fully saturated rings. The van der Waals surface area contributed by atoms with Crippen LogP contribution in [0.4, 0.5) is 0 Å². The maximum Gasteiger partial charge on any atom is 0.287 e. The number of benzene rings is 1. The van der Waals surface area contributed by atoms with Gasteiger partial charge < -0.3 is 9.73 Å².